The molecule has 0 saturated heterocycles. The van der Waals surface area contributed by atoms with E-state index in [2.05, 4.69) is 10.2 Å². The summed E-state index contributed by atoms with van der Waals surface area (Å²) in [6.07, 6.45) is 0. The zero-order valence-corrected chi connectivity index (χ0v) is 22.2. The van der Waals surface area contributed by atoms with E-state index in [4.69, 9.17) is 11.6 Å². The fourth-order valence-electron chi connectivity index (χ4n) is 4.38. The highest BCUT2D eigenvalue weighted by Crippen LogP contribution is 2.33. The summed E-state index contributed by atoms with van der Waals surface area (Å²) in [5.74, 6) is -1.14. The number of hydrogen-bond donors (Lipinski definition) is 1. The Balaban J connectivity index is 1.60. The minimum atomic E-state index is -1.07. The summed E-state index contributed by atoms with van der Waals surface area (Å²) in [4.78, 5) is 41.1. The van der Waals surface area contributed by atoms with Gasteiger partial charge in [0.1, 0.15) is 23.1 Å². The molecule has 0 fully saturated rings. The van der Waals surface area contributed by atoms with E-state index >= 15 is 0 Å². The first kappa shape index (κ1) is 25.4. The number of thiophene rings is 1. The molecular weight excluding hydrogens is 526 g/mol. The van der Waals surface area contributed by atoms with E-state index in [1.54, 1.807) is 67.1 Å². The number of aromatic nitrogens is 4. The summed E-state index contributed by atoms with van der Waals surface area (Å²) in [5, 5.41) is 19.6. The molecule has 0 saturated carbocycles. The van der Waals surface area contributed by atoms with Crippen molar-refractivity contribution in [1.82, 2.24) is 19.3 Å². The third kappa shape index (κ3) is 4.37. The highest BCUT2D eigenvalue weighted by atomic mass is 35.5. The van der Waals surface area contributed by atoms with Crippen molar-refractivity contribution in [2.75, 3.05) is 11.9 Å². The Hall–Kier alpha value is -4.28. The monoisotopic (exact) mass is 547 g/mol. The molecule has 38 heavy (non-hydrogen) atoms. The highest BCUT2D eigenvalue weighted by Gasteiger charge is 2.28. The maximum absolute atomic E-state index is 13.8. The lowest BCUT2D eigenvalue weighted by Gasteiger charge is -2.19. The van der Waals surface area contributed by atoms with Crippen molar-refractivity contribution >= 4 is 57.4 Å². The first-order valence-corrected chi connectivity index (χ1v) is 12.8. The number of carboxylic acid groups (broad SMARTS) is 1. The molecule has 2 aromatic carbocycles. The maximum atomic E-state index is 13.8. The van der Waals surface area contributed by atoms with Gasteiger partial charge in [0.2, 0.25) is 5.95 Å². The number of anilines is 1. The summed E-state index contributed by atoms with van der Waals surface area (Å²) in [6.45, 7) is 3.24. The Kier molecular flexibility index (Phi) is 6.60. The second-order valence-corrected chi connectivity index (χ2v) is 10.3. The van der Waals surface area contributed by atoms with Crippen molar-refractivity contribution in [2.45, 2.75) is 20.4 Å². The maximum Gasteiger partial charge on any atom is 0.323 e. The van der Waals surface area contributed by atoms with Gasteiger partial charge >= 0.3 is 5.97 Å². The number of para-hydroxylation sites is 1. The lowest BCUT2D eigenvalue weighted by atomic mass is 10.1. The summed E-state index contributed by atoms with van der Waals surface area (Å²) in [7, 11) is 1.54. The first-order chi connectivity index (χ1) is 18.2. The van der Waals surface area contributed by atoms with Gasteiger partial charge in [0.25, 0.3) is 5.91 Å². The number of benzene rings is 2. The third-order valence-corrected chi connectivity index (χ3v) is 7.50. The Morgan fingerprint density at radius 1 is 1.00 bits per heavy atom. The van der Waals surface area contributed by atoms with Gasteiger partial charge in [0.15, 0.2) is 5.78 Å². The number of aryl methyl sites for hydroxylation is 2. The van der Waals surface area contributed by atoms with Crippen molar-refractivity contribution < 1.29 is 19.5 Å². The predicted octanol–water partition coefficient (Wildman–Crippen LogP) is 5.15. The zero-order chi connectivity index (χ0) is 27.1. The van der Waals surface area contributed by atoms with E-state index in [1.807, 2.05) is 19.1 Å². The summed E-state index contributed by atoms with van der Waals surface area (Å²) >= 11 is 7.68. The number of fused-ring (bicyclic) bond motifs is 1. The summed E-state index contributed by atoms with van der Waals surface area (Å²) in [6, 6.07) is 17.5. The van der Waals surface area contributed by atoms with Crippen LogP contribution in [0.4, 0.5) is 5.95 Å². The third-order valence-electron chi connectivity index (χ3n) is 6.14. The lowest BCUT2D eigenvalue weighted by Crippen LogP contribution is -2.31. The van der Waals surface area contributed by atoms with Gasteiger partial charge in [-0.3, -0.25) is 23.9 Å². The molecule has 1 N–H and O–H groups in total. The van der Waals surface area contributed by atoms with E-state index < -0.39 is 11.9 Å². The SMILES string of the molecule is Cc1cc(C(=O)c2ccccc2Cl)c(-n2c(C)nnc2N(C)C(=O)c2cc3ccccc3n2CC(=O)O)s1. The number of carbonyl (C=O) groups excluding carboxylic acids is 2. The second kappa shape index (κ2) is 9.88. The quantitative estimate of drug-likeness (QED) is 0.282. The lowest BCUT2D eigenvalue weighted by molar-refractivity contribution is -0.137. The first-order valence-electron chi connectivity index (χ1n) is 11.6. The Bertz CT molecular complexity index is 1730. The highest BCUT2D eigenvalue weighted by molar-refractivity contribution is 7.15. The van der Waals surface area contributed by atoms with Crippen LogP contribution in [0.2, 0.25) is 5.02 Å². The number of carbonyl (C=O) groups is 3. The van der Waals surface area contributed by atoms with Gasteiger partial charge in [0.05, 0.1) is 10.6 Å². The van der Waals surface area contributed by atoms with Crippen molar-refractivity contribution in [3.05, 3.63) is 93.2 Å². The van der Waals surface area contributed by atoms with Crippen LogP contribution in [-0.4, -0.2) is 49.1 Å². The number of halogens is 1. The van der Waals surface area contributed by atoms with Crippen LogP contribution in [-0.2, 0) is 11.3 Å². The summed E-state index contributed by atoms with van der Waals surface area (Å²) in [5.41, 5.74) is 1.59. The van der Waals surface area contributed by atoms with E-state index in [0.29, 0.717) is 32.5 Å². The number of ketones is 1. The molecule has 0 aliphatic rings. The number of amides is 1. The molecule has 5 aromatic rings. The van der Waals surface area contributed by atoms with Gasteiger partial charge in [0, 0.05) is 28.4 Å². The molecule has 3 aromatic heterocycles. The van der Waals surface area contributed by atoms with Crippen LogP contribution >= 0.6 is 22.9 Å². The molecule has 0 unspecified atom stereocenters. The van der Waals surface area contributed by atoms with Crippen LogP contribution in [0, 0.1) is 13.8 Å². The number of carboxylic acids is 1. The molecule has 5 rings (SSSR count). The van der Waals surface area contributed by atoms with Crippen LogP contribution in [0.15, 0.2) is 60.7 Å². The molecule has 9 nitrogen and oxygen atoms in total. The number of aliphatic carboxylic acids is 1. The Labute approximate surface area is 226 Å². The number of rotatable bonds is 7. The smallest absolute Gasteiger partial charge is 0.323 e. The van der Waals surface area contributed by atoms with E-state index in [1.165, 1.54) is 20.8 Å². The van der Waals surface area contributed by atoms with Crippen LogP contribution in [0.5, 0.6) is 0 Å². The largest absolute Gasteiger partial charge is 0.480 e. The van der Waals surface area contributed by atoms with Gasteiger partial charge in [-0.1, -0.05) is 41.9 Å². The standard InChI is InChI=1S/C27H22ClN5O4S/c1-15-12-19(24(36)18-9-5-6-10-20(18)28)26(38-15)33-16(2)29-30-27(33)31(3)25(37)22-13-17-8-4-7-11-21(17)32(22)14-23(34)35/h4-13H,14H2,1-3H3,(H,34,35). The molecule has 1 amide bonds. The van der Waals surface area contributed by atoms with Crippen molar-refractivity contribution in [2.24, 2.45) is 0 Å². The van der Waals surface area contributed by atoms with E-state index in [9.17, 15) is 19.5 Å². The number of nitrogens with zero attached hydrogens (tertiary/aromatic N) is 5. The zero-order valence-electron chi connectivity index (χ0n) is 20.7. The van der Waals surface area contributed by atoms with Crippen molar-refractivity contribution in [1.29, 1.82) is 0 Å². The molecule has 192 valence electrons. The van der Waals surface area contributed by atoms with Gasteiger partial charge in [-0.2, -0.15) is 0 Å². The average Bonchev–Trinajstić information content (AvgIpc) is 3.57. The molecule has 0 aliphatic heterocycles. The molecule has 11 heteroatoms. The molecule has 3 heterocycles. The van der Waals surface area contributed by atoms with E-state index in [-0.39, 0.29) is 24.0 Å². The van der Waals surface area contributed by atoms with E-state index in [0.717, 1.165) is 10.3 Å². The van der Waals surface area contributed by atoms with Gasteiger partial charge in [-0.05, 0) is 44.2 Å². The molecule has 0 spiro atoms. The number of hydrogen-bond acceptors (Lipinski definition) is 6. The van der Waals surface area contributed by atoms with Crippen molar-refractivity contribution in [3.8, 4) is 5.00 Å². The molecule has 0 radical (unpaired) electrons. The van der Waals surface area contributed by atoms with Gasteiger partial charge in [-0.15, -0.1) is 21.5 Å². The summed E-state index contributed by atoms with van der Waals surface area (Å²) < 4.78 is 3.12. The van der Waals surface area contributed by atoms with Crippen LogP contribution in [0.25, 0.3) is 15.9 Å². The fourth-order valence-corrected chi connectivity index (χ4v) is 5.65. The van der Waals surface area contributed by atoms with Crippen LogP contribution in [0.3, 0.4) is 0 Å². The Morgan fingerprint density at radius 2 is 1.71 bits per heavy atom. The average molecular weight is 548 g/mol. The van der Waals surface area contributed by atoms with Gasteiger partial charge < -0.3 is 9.67 Å². The van der Waals surface area contributed by atoms with Gasteiger partial charge in [-0.25, -0.2) is 0 Å². The Morgan fingerprint density at radius 3 is 2.45 bits per heavy atom. The fraction of sp³-hybridized carbons (Fsp3) is 0.148. The predicted molar refractivity (Wildman–Crippen MR) is 146 cm³/mol. The normalized spacial score (nSPS) is 11.2. The van der Waals surface area contributed by atoms with Crippen LogP contribution < -0.4 is 4.90 Å². The molecular formula is C27H22ClN5O4S. The molecule has 0 aliphatic carbocycles. The topological polar surface area (TPSA) is 110 Å². The second-order valence-electron chi connectivity index (χ2n) is 8.70. The minimum Gasteiger partial charge on any atom is -0.480 e. The molecule has 0 atom stereocenters. The van der Waals surface area contributed by atoms with Crippen LogP contribution in [0.1, 0.15) is 37.1 Å². The van der Waals surface area contributed by atoms with Crippen molar-refractivity contribution in [3.63, 3.8) is 0 Å². The molecule has 0 bridgehead atoms. The minimum absolute atomic E-state index is 0.190.